The first-order chi connectivity index (χ1) is 10.2. The molecule has 1 aromatic carbocycles. The molecule has 3 aromatic rings. The predicted octanol–water partition coefficient (Wildman–Crippen LogP) is 2.68. The van der Waals surface area contributed by atoms with Gasteiger partial charge >= 0.3 is 0 Å². The third-order valence-corrected chi connectivity index (χ3v) is 3.91. The molecule has 106 valence electrons. The van der Waals surface area contributed by atoms with E-state index in [1.807, 2.05) is 30.3 Å². The van der Waals surface area contributed by atoms with Crippen molar-refractivity contribution in [3.05, 3.63) is 53.6 Å². The molecule has 2 aromatic heterocycles. The molecule has 21 heavy (non-hydrogen) atoms. The van der Waals surface area contributed by atoms with Gasteiger partial charge in [-0.25, -0.2) is 4.98 Å². The first kappa shape index (κ1) is 13.4. The highest BCUT2D eigenvalue weighted by Gasteiger charge is 2.17. The Kier molecular flexibility index (Phi) is 3.74. The summed E-state index contributed by atoms with van der Waals surface area (Å²) in [5.41, 5.74) is 0.993. The molecule has 6 nitrogen and oxygen atoms in total. The maximum atomic E-state index is 12.2. The number of thiazole rings is 1. The molecule has 0 aliphatic heterocycles. The normalized spacial score (nSPS) is 12.0. The summed E-state index contributed by atoms with van der Waals surface area (Å²) in [5.74, 6) is 0.239. The molecular weight excluding hydrogens is 288 g/mol. The molecule has 1 atom stereocenters. The monoisotopic (exact) mass is 300 g/mol. The number of nitrogens with one attached hydrogen (secondary N) is 1. The van der Waals surface area contributed by atoms with Crippen molar-refractivity contribution in [3.8, 4) is 10.6 Å². The molecule has 0 spiro atoms. The summed E-state index contributed by atoms with van der Waals surface area (Å²) in [6.45, 7) is 1.79. The lowest BCUT2D eigenvalue weighted by atomic mass is 10.2. The molecule has 0 radical (unpaired) electrons. The molecule has 3 rings (SSSR count). The van der Waals surface area contributed by atoms with Gasteiger partial charge in [0.1, 0.15) is 9.88 Å². The van der Waals surface area contributed by atoms with Crippen LogP contribution in [0.15, 0.2) is 47.4 Å². The summed E-state index contributed by atoms with van der Waals surface area (Å²) < 4.78 is 4.66. The Bertz CT molecular complexity index is 725. The molecule has 0 saturated heterocycles. The second-order valence-electron chi connectivity index (χ2n) is 4.38. The quantitative estimate of drug-likeness (QED) is 0.801. The van der Waals surface area contributed by atoms with Gasteiger partial charge in [0.05, 0.1) is 12.2 Å². The van der Waals surface area contributed by atoms with Gasteiger partial charge in [0.2, 0.25) is 6.39 Å². The average molecular weight is 300 g/mol. The minimum absolute atomic E-state index is 0.202. The van der Waals surface area contributed by atoms with Crippen LogP contribution in [0.4, 0.5) is 0 Å². The predicted molar refractivity (Wildman–Crippen MR) is 77.7 cm³/mol. The van der Waals surface area contributed by atoms with E-state index in [0.717, 1.165) is 10.6 Å². The van der Waals surface area contributed by atoms with Crippen LogP contribution in [0, 0.1) is 0 Å². The van der Waals surface area contributed by atoms with Gasteiger partial charge < -0.3 is 9.84 Å². The Hall–Kier alpha value is -2.54. The average Bonchev–Trinajstić information content (AvgIpc) is 3.20. The zero-order valence-corrected chi connectivity index (χ0v) is 12.0. The number of nitrogens with zero attached hydrogens (tertiary/aromatic N) is 3. The third kappa shape index (κ3) is 2.97. The van der Waals surface area contributed by atoms with Gasteiger partial charge in [-0.15, -0.1) is 11.3 Å². The molecule has 1 N–H and O–H groups in total. The van der Waals surface area contributed by atoms with E-state index in [2.05, 4.69) is 25.0 Å². The summed E-state index contributed by atoms with van der Waals surface area (Å²) in [7, 11) is 0. The van der Waals surface area contributed by atoms with Crippen LogP contribution >= 0.6 is 11.3 Å². The van der Waals surface area contributed by atoms with Crippen molar-refractivity contribution in [1.82, 2.24) is 20.4 Å². The van der Waals surface area contributed by atoms with Gasteiger partial charge in [0.25, 0.3) is 5.91 Å². The largest absolute Gasteiger partial charge is 0.343 e. The third-order valence-electron chi connectivity index (χ3n) is 2.86. The fourth-order valence-electron chi connectivity index (χ4n) is 1.80. The highest BCUT2D eigenvalue weighted by atomic mass is 32.1. The number of benzene rings is 1. The Balaban J connectivity index is 1.73. The van der Waals surface area contributed by atoms with Crippen molar-refractivity contribution in [3.63, 3.8) is 0 Å². The molecule has 0 aliphatic carbocycles. The van der Waals surface area contributed by atoms with Crippen molar-refractivity contribution in [2.45, 2.75) is 13.0 Å². The maximum Gasteiger partial charge on any atom is 0.263 e. The van der Waals surface area contributed by atoms with Crippen molar-refractivity contribution in [1.29, 1.82) is 0 Å². The van der Waals surface area contributed by atoms with Crippen LogP contribution in [-0.2, 0) is 0 Å². The minimum Gasteiger partial charge on any atom is -0.343 e. The van der Waals surface area contributed by atoms with Gasteiger partial charge in [0.15, 0.2) is 5.82 Å². The zero-order chi connectivity index (χ0) is 14.7. The molecule has 2 heterocycles. The van der Waals surface area contributed by atoms with Crippen LogP contribution in [0.1, 0.15) is 28.5 Å². The zero-order valence-electron chi connectivity index (χ0n) is 11.2. The smallest absolute Gasteiger partial charge is 0.263 e. The van der Waals surface area contributed by atoms with Crippen LogP contribution in [0.5, 0.6) is 0 Å². The molecular formula is C14H12N4O2S. The first-order valence-electron chi connectivity index (χ1n) is 6.32. The molecule has 1 amide bonds. The van der Waals surface area contributed by atoms with Gasteiger partial charge in [0, 0.05) is 5.56 Å². The van der Waals surface area contributed by atoms with E-state index in [1.54, 1.807) is 13.1 Å². The van der Waals surface area contributed by atoms with Gasteiger partial charge in [-0.2, -0.15) is 4.98 Å². The van der Waals surface area contributed by atoms with E-state index in [0.29, 0.717) is 10.7 Å². The number of hydrogen-bond acceptors (Lipinski definition) is 6. The lowest BCUT2D eigenvalue weighted by Gasteiger charge is -2.07. The van der Waals surface area contributed by atoms with Crippen LogP contribution in [0.2, 0.25) is 0 Å². The Morgan fingerprint density at radius 3 is 2.81 bits per heavy atom. The van der Waals surface area contributed by atoms with Crippen molar-refractivity contribution in [2.75, 3.05) is 0 Å². The number of amides is 1. The summed E-state index contributed by atoms with van der Waals surface area (Å²) in [5, 5.41) is 7.33. The minimum atomic E-state index is -0.321. The van der Waals surface area contributed by atoms with Crippen LogP contribution in [0.25, 0.3) is 10.6 Å². The first-order valence-corrected chi connectivity index (χ1v) is 7.14. The molecule has 0 bridgehead atoms. The van der Waals surface area contributed by atoms with E-state index < -0.39 is 0 Å². The van der Waals surface area contributed by atoms with E-state index in [4.69, 9.17) is 0 Å². The number of carbonyl (C=O) groups is 1. The second-order valence-corrected chi connectivity index (χ2v) is 5.41. The van der Waals surface area contributed by atoms with E-state index >= 15 is 0 Å². The summed E-state index contributed by atoms with van der Waals surface area (Å²) >= 11 is 1.35. The van der Waals surface area contributed by atoms with E-state index in [-0.39, 0.29) is 11.9 Å². The standard InChI is InChI=1S/C14H12N4O2S/c1-9(12-16-8-20-18-12)17-13(19)11-7-15-14(21-11)10-5-3-2-4-6-10/h2-9H,1H3,(H,17,19)/t9-/m0/s1. The van der Waals surface area contributed by atoms with Crippen LogP contribution in [-0.4, -0.2) is 21.0 Å². The van der Waals surface area contributed by atoms with Gasteiger partial charge in [-0.3, -0.25) is 4.79 Å². The Morgan fingerprint density at radius 2 is 2.10 bits per heavy atom. The van der Waals surface area contributed by atoms with Crippen molar-refractivity contribution >= 4 is 17.2 Å². The lowest BCUT2D eigenvalue weighted by molar-refractivity contribution is 0.0942. The van der Waals surface area contributed by atoms with Gasteiger partial charge in [-0.05, 0) is 6.92 Å². The lowest BCUT2D eigenvalue weighted by Crippen LogP contribution is -2.26. The fraction of sp³-hybridized carbons (Fsp3) is 0.143. The van der Waals surface area contributed by atoms with Crippen molar-refractivity contribution < 1.29 is 9.32 Å². The molecule has 0 fully saturated rings. The topological polar surface area (TPSA) is 80.9 Å². The molecule has 7 heteroatoms. The van der Waals surface area contributed by atoms with Gasteiger partial charge in [-0.1, -0.05) is 35.5 Å². The SMILES string of the molecule is C[C@H](NC(=O)c1cnc(-c2ccccc2)s1)c1ncon1. The number of rotatable bonds is 4. The van der Waals surface area contributed by atoms with Crippen LogP contribution in [0.3, 0.4) is 0 Å². The fourth-order valence-corrected chi connectivity index (χ4v) is 2.62. The number of aromatic nitrogens is 3. The maximum absolute atomic E-state index is 12.2. The summed E-state index contributed by atoms with van der Waals surface area (Å²) in [4.78, 5) is 20.9. The highest BCUT2D eigenvalue weighted by molar-refractivity contribution is 7.16. The van der Waals surface area contributed by atoms with E-state index in [9.17, 15) is 4.79 Å². The number of hydrogen-bond donors (Lipinski definition) is 1. The second kappa shape index (κ2) is 5.84. The van der Waals surface area contributed by atoms with Crippen molar-refractivity contribution in [2.24, 2.45) is 0 Å². The molecule has 0 unspecified atom stereocenters. The highest BCUT2D eigenvalue weighted by Crippen LogP contribution is 2.25. The molecule has 0 aliphatic rings. The molecule has 0 saturated carbocycles. The van der Waals surface area contributed by atoms with E-state index in [1.165, 1.54) is 17.7 Å². The summed E-state index contributed by atoms with van der Waals surface area (Å²) in [6, 6.07) is 9.42. The Morgan fingerprint density at radius 1 is 1.29 bits per heavy atom. The summed E-state index contributed by atoms with van der Waals surface area (Å²) in [6.07, 6.45) is 2.81. The number of carbonyl (C=O) groups excluding carboxylic acids is 1. The van der Waals surface area contributed by atoms with Crippen LogP contribution < -0.4 is 5.32 Å². The Labute approximate surface area is 124 Å².